The molecule has 1 aromatic heterocycles. The van der Waals surface area contributed by atoms with Crippen LogP contribution in [0.1, 0.15) is 29.7 Å². The molecule has 1 amide bonds. The number of hydrogen-bond acceptors (Lipinski definition) is 4. The van der Waals surface area contributed by atoms with Crippen molar-refractivity contribution in [1.82, 2.24) is 14.5 Å². The number of nitrogens with zero attached hydrogens (tertiary/aromatic N) is 2. The molecule has 0 spiro atoms. The summed E-state index contributed by atoms with van der Waals surface area (Å²) in [6, 6.07) is 12.2. The zero-order valence-corrected chi connectivity index (χ0v) is 16.4. The number of benzene rings is 2. The molecule has 0 bridgehead atoms. The van der Waals surface area contributed by atoms with E-state index in [4.69, 9.17) is 12.2 Å². The predicted molar refractivity (Wildman–Crippen MR) is 108 cm³/mol. The highest BCUT2D eigenvalue weighted by Crippen LogP contribution is 2.37. The molecule has 3 aromatic rings. The number of carbonyl (C=O) groups is 1. The molecule has 2 heterocycles. The van der Waals surface area contributed by atoms with Gasteiger partial charge in [-0.1, -0.05) is 30.3 Å². The van der Waals surface area contributed by atoms with Gasteiger partial charge in [-0.2, -0.15) is 0 Å². The molecule has 148 valence electrons. The molecule has 1 aliphatic rings. The molecule has 4 rings (SSSR count). The third-order valence-electron chi connectivity index (χ3n) is 5.15. The summed E-state index contributed by atoms with van der Waals surface area (Å²) in [5.41, 5.74) is 1.42. The van der Waals surface area contributed by atoms with Gasteiger partial charge in [0.05, 0.1) is 11.7 Å². The molecular formula is C21H18FN3O3S. The van der Waals surface area contributed by atoms with Gasteiger partial charge >= 0.3 is 0 Å². The number of fused-ring (bicyclic) bond motifs is 1. The molecule has 0 radical (unpaired) electrons. The Morgan fingerprint density at radius 2 is 2.00 bits per heavy atom. The number of rotatable bonds is 2. The fourth-order valence-electron chi connectivity index (χ4n) is 3.86. The molecule has 2 N–H and O–H groups in total. The van der Waals surface area contributed by atoms with Gasteiger partial charge in [0.2, 0.25) is 11.8 Å². The third kappa shape index (κ3) is 3.25. The van der Waals surface area contributed by atoms with Crippen LogP contribution in [0.4, 0.5) is 4.39 Å². The van der Waals surface area contributed by atoms with Crippen LogP contribution in [0.15, 0.2) is 53.3 Å². The monoisotopic (exact) mass is 411 g/mol. The van der Waals surface area contributed by atoms with Crippen LogP contribution >= 0.6 is 12.2 Å². The summed E-state index contributed by atoms with van der Waals surface area (Å²) in [4.78, 5) is 29.3. The van der Waals surface area contributed by atoms with Crippen LogP contribution in [0, 0.1) is 10.6 Å². The Balaban J connectivity index is 2.02. The number of halogens is 1. The second-order valence-corrected chi connectivity index (χ2v) is 7.26. The van der Waals surface area contributed by atoms with Crippen molar-refractivity contribution in [1.29, 1.82) is 0 Å². The first-order chi connectivity index (χ1) is 13.9. The van der Waals surface area contributed by atoms with Crippen molar-refractivity contribution < 1.29 is 14.3 Å². The van der Waals surface area contributed by atoms with Gasteiger partial charge < -0.3 is 10.0 Å². The number of aromatic hydroxyl groups is 1. The average Bonchev–Trinajstić information content (AvgIpc) is 2.67. The highest BCUT2D eigenvalue weighted by Gasteiger charge is 2.35. The van der Waals surface area contributed by atoms with E-state index in [9.17, 15) is 19.1 Å². The Kier molecular flexibility index (Phi) is 4.79. The van der Waals surface area contributed by atoms with Gasteiger partial charge in [-0.25, -0.2) is 4.39 Å². The Hall–Kier alpha value is -3.26. The van der Waals surface area contributed by atoms with E-state index in [1.165, 1.54) is 29.7 Å². The van der Waals surface area contributed by atoms with Crippen LogP contribution in [0.2, 0.25) is 0 Å². The summed E-state index contributed by atoms with van der Waals surface area (Å²) in [6.07, 6.45) is 0.647. The first-order valence-corrected chi connectivity index (χ1v) is 9.48. The molecule has 1 atom stereocenters. The van der Waals surface area contributed by atoms with Crippen LogP contribution < -0.4 is 5.56 Å². The van der Waals surface area contributed by atoms with E-state index >= 15 is 0 Å². The van der Waals surface area contributed by atoms with Crippen molar-refractivity contribution in [3.05, 3.63) is 86.2 Å². The van der Waals surface area contributed by atoms with Gasteiger partial charge in [-0.3, -0.25) is 19.1 Å². The lowest BCUT2D eigenvalue weighted by molar-refractivity contribution is -0.130. The lowest BCUT2D eigenvalue weighted by Gasteiger charge is -2.37. The summed E-state index contributed by atoms with van der Waals surface area (Å²) in [5, 5.41) is 11.1. The van der Waals surface area contributed by atoms with Gasteiger partial charge in [0.1, 0.15) is 11.4 Å². The van der Waals surface area contributed by atoms with E-state index in [0.29, 0.717) is 13.0 Å². The van der Waals surface area contributed by atoms with Crippen LogP contribution in [-0.4, -0.2) is 32.0 Å². The minimum absolute atomic E-state index is 0.00906. The molecule has 0 fully saturated rings. The Morgan fingerprint density at radius 3 is 2.72 bits per heavy atom. The van der Waals surface area contributed by atoms with Crippen molar-refractivity contribution in [3.63, 3.8) is 0 Å². The maximum Gasteiger partial charge on any atom is 0.261 e. The van der Waals surface area contributed by atoms with E-state index in [1.54, 1.807) is 11.0 Å². The van der Waals surface area contributed by atoms with E-state index in [2.05, 4.69) is 4.98 Å². The average molecular weight is 411 g/mol. The topological polar surface area (TPSA) is 78.3 Å². The van der Waals surface area contributed by atoms with Gasteiger partial charge in [0.25, 0.3) is 5.56 Å². The standard InChI is InChI=1S/C21H18FN3O3S/c1-12(26)24-10-9-13-5-2-3-8-16(13)18(24)17-19(27)23-21(29)25(20(17)28)15-7-4-6-14(22)11-15/h2-8,11,18,28H,9-10H2,1H3,(H,23,27,29)/t18-/m1/s1. The molecule has 8 heteroatoms. The first-order valence-electron chi connectivity index (χ1n) is 9.07. The van der Waals surface area contributed by atoms with Crippen LogP contribution in [0.5, 0.6) is 5.88 Å². The highest BCUT2D eigenvalue weighted by atomic mass is 32.1. The maximum atomic E-state index is 13.8. The second kappa shape index (κ2) is 7.29. The molecule has 1 aliphatic heterocycles. The zero-order chi connectivity index (χ0) is 20.7. The van der Waals surface area contributed by atoms with E-state index in [0.717, 1.165) is 11.1 Å². The molecule has 0 unspecified atom stereocenters. The molecule has 0 aliphatic carbocycles. The van der Waals surface area contributed by atoms with Gasteiger partial charge in [0, 0.05) is 13.5 Å². The van der Waals surface area contributed by atoms with Crippen molar-refractivity contribution in [3.8, 4) is 11.6 Å². The smallest absolute Gasteiger partial charge is 0.261 e. The third-order valence-corrected chi connectivity index (χ3v) is 5.43. The normalized spacial score (nSPS) is 15.8. The van der Waals surface area contributed by atoms with Crippen molar-refractivity contribution in [2.75, 3.05) is 6.54 Å². The fraction of sp³-hybridized carbons (Fsp3) is 0.190. The van der Waals surface area contributed by atoms with Crippen LogP contribution in [0.25, 0.3) is 5.69 Å². The Morgan fingerprint density at radius 1 is 1.24 bits per heavy atom. The predicted octanol–water partition coefficient (Wildman–Crippen LogP) is 3.23. The molecule has 6 nitrogen and oxygen atoms in total. The minimum atomic E-state index is -0.781. The number of aromatic nitrogens is 2. The molecule has 29 heavy (non-hydrogen) atoms. The van der Waals surface area contributed by atoms with Gasteiger partial charge in [-0.05, 0) is 48.0 Å². The largest absolute Gasteiger partial charge is 0.494 e. The first kappa shape index (κ1) is 19.1. The number of carbonyl (C=O) groups excluding carboxylic acids is 1. The highest BCUT2D eigenvalue weighted by molar-refractivity contribution is 7.71. The lowest BCUT2D eigenvalue weighted by atomic mass is 9.89. The summed E-state index contributed by atoms with van der Waals surface area (Å²) in [7, 11) is 0. The minimum Gasteiger partial charge on any atom is -0.494 e. The van der Waals surface area contributed by atoms with Gasteiger partial charge in [0.15, 0.2) is 4.77 Å². The summed E-state index contributed by atoms with van der Waals surface area (Å²) in [6.45, 7) is 1.83. The molecule has 0 saturated heterocycles. The SMILES string of the molecule is CC(=O)N1CCc2ccccc2[C@@H]1c1c(O)n(-c2cccc(F)c2)c(=S)[nH]c1=O. The fourth-order valence-corrected chi connectivity index (χ4v) is 4.14. The van der Waals surface area contributed by atoms with E-state index in [1.807, 2.05) is 24.3 Å². The van der Waals surface area contributed by atoms with Crippen LogP contribution in [-0.2, 0) is 11.2 Å². The summed E-state index contributed by atoms with van der Waals surface area (Å²) >= 11 is 5.22. The lowest BCUT2D eigenvalue weighted by Crippen LogP contribution is -2.41. The number of nitrogens with one attached hydrogen (secondary N) is 1. The zero-order valence-electron chi connectivity index (χ0n) is 15.6. The molecule has 2 aromatic carbocycles. The van der Waals surface area contributed by atoms with E-state index in [-0.39, 0.29) is 21.9 Å². The van der Waals surface area contributed by atoms with Gasteiger partial charge in [-0.15, -0.1) is 0 Å². The summed E-state index contributed by atoms with van der Waals surface area (Å²) < 4.78 is 14.9. The van der Waals surface area contributed by atoms with Crippen molar-refractivity contribution in [2.45, 2.75) is 19.4 Å². The molecule has 0 saturated carbocycles. The van der Waals surface area contributed by atoms with Crippen LogP contribution in [0.3, 0.4) is 0 Å². The Labute approximate surface area is 170 Å². The maximum absolute atomic E-state index is 13.8. The number of aromatic amines is 1. The Bertz CT molecular complexity index is 1230. The second-order valence-electron chi connectivity index (χ2n) is 6.88. The summed E-state index contributed by atoms with van der Waals surface area (Å²) in [5.74, 6) is -1.15. The molecular weight excluding hydrogens is 393 g/mol. The number of amides is 1. The van der Waals surface area contributed by atoms with Crippen molar-refractivity contribution in [2.24, 2.45) is 0 Å². The van der Waals surface area contributed by atoms with Crippen molar-refractivity contribution >= 4 is 18.1 Å². The number of H-pyrrole nitrogens is 1. The quantitative estimate of drug-likeness (QED) is 0.635. The number of hydrogen-bond donors (Lipinski definition) is 2. The van der Waals surface area contributed by atoms with E-state index < -0.39 is 23.3 Å².